The standard InChI is InChI=1S/C14H27N/c1-2-14(11-7-4-8-12-14)15-13-9-5-3-6-10-13/h13,15H,2-12H2,1H3. The Kier molecular flexibility index (Phi) is 4.07. The molecule has 1 nitrogen and oxygen atoms in total. The third-order valence-corrected chi connectivity index (χ3v) is 4.60. The SMILES string of the molecule is CCC1(NC2CCCCC2)CCCCC1. The summed E-state index contributed by atoms with van der Waals surface area (Å²) in [6.07, 6.45) is 15.8. The second-order valence-corrected chi connectivity index (χ2v) is 5.67. The van der Waals surface area contributed by atoms with Gasteiger partial charge in [-0.05, 0) is 32.1 Å². The fourth-order valence-corrected chi connectivity index (χ4v) is 3.51. The summed E-state index contributed by atoms with van der Waals surface area (Å²) >= 11 is 0. The van der Waals surface area contributed by atoms with E-state index in [0.29, 0.717) is 5.54 Å². The fourth-order valence-electron chi connectivity index (χ4n) is 3.51. The quantitative estimate of drug-likeness (QED) is 0.740. The average Bonchev–Trinajstić information content (AvgIpc) is 2.32. The molecule has 2 aliphatic carbocycles. The summed E-state index contributed by atoms with van der Waals surface area (Å²) in [5.41, 5.74) is 0.528. The van der Waals surface area contributed by atoms with E-state index in [-0.39, 0.29) is 0 Å². The zero-order valence-electron chi connectivity index (χ0n) is 10.4. The largest absolute Gasteiger partial charge is 0.309 e. The maximum absolute atomic E-state index is 4.02. The minimum Gasteiger partial charge on any atom is -0.309 e. The second-order valence-electron chi connectivity index (χ2n) is 5.67. The first-order valence-electron chi connectivity index (χ1n) is 7.12. The van der Waals surface area contributed by atoms with Gasteiger partial charge in [0, 0.05) is 11.6 Å². The lowest BCUT2D eigenvalue weighted by molar-refractivity contribution is 0.181. The molecular formula is C14H27N. The van der Waals surface area contributed by atoms with Crippen molar-refractivity contribution >= 4 is 0 Å². The molecular weight excluding hydrogens is 182 g/mol. The van der Waals surface area contributed by atoms with Gasteiger partial charge in [-0.2, -0.15) is 0 Å². The Balaban J connectivity index is 1.87. The molecule has 88 valence electrons. The normalized spacial score (nSPS) is 27.8. The van der Waals surface area contributed by atoms with Crippen molar-refractivity contribution in [2.24, 2.45) is 0 Å². The second kappa shape index (κ2) is 5.34. The molecule has 2 fully saturated rings. The van der Waals surface area contributed by atoms with Crippen LogP contribution in [0, 0.1) is 0 Å². The van der Waals surface area contributed by atoms with E-state index >= 15 is 0 Å². The van der Waals surface area contributed by atoms with Gasteiger partial charge in [0.1, 0.15) is 0 Å². The summed E-state index contributed by atoms with van der Waals surface area (Å²) in [5.74, 6) is 0. The zero-order chi connectivity index (χ0) is 10.6. The van der Waals surface area contributed by atoms with Gasteiger partial charge < -0.3 is 5.32 Å². The van der Waals surface area contributed by atoms with E-state index in [9.17, 15) is 0 Å². The minimum atomic E-state index is 0.528. The van der Waals surface area contributed by atoms with Gasteiger partial charge in [0.2, 0.25) is 0 Å². The molecule has 0 amide bonds. The van der Waals surface area contributed by atoms with Gasteiger partial charge in [0.05, 0.1) is 0 Å². The lowest BCUT2D eigenvalue weighted by atomic mass is 9.78. The highest BCUT2D eigenvalue weighted by Gasteiger charge is 2.32. The van der Waals surface area contributed by atoms with Crippen LogP contribution < -0.4 is 5.32 Å². The molecule has 0 aromatic carbocycles. The van der Waals surface area contributed by atoms with E-state index < -0.39 is 0 Å². The molecule has 0 aromatic rings. The Labute approximate surface area is 95.0 Å². The van der Waals surface area contributed by atoms with Gasteiger partial charge in [-0.15, -0.1) is 0 Å². The molecule has 0 radical (unpaired) electrons. The van der Waals surface area contributed by atoms with E-state index in [0.717, 1.165) is 6.04 Å². The van der Waals surface area contributed by atoms with Crippen LogP contribution in [-0.4, -0.2) is 11.6 Å². The van der Waals surface area contributed by atoms with E-state index in [1.165, 1.54) is 70.6 Å². The highest BCUT2D eigenvalue weighted by molar-refractivity contribution is 4.92. The molecule has 15 heavy (non-hydrogen) atoms. The van der Waals surface area contributed by atoms with Gasteiger partial charge in [-0.1, -0.05) is 45.4 Å². The molecule has 0 heterocycles. The summed E-state index contributed by atoms with van der Waals surface area (Å²) in [4.78, 5) is 0. The summed E-state index contributed by atoms with van der Waals surface area (Å²) in [7, 11) is 0. The Morgan fingerprint density at radius 1 is 0.933 bits per heavy atom. The number of nitrogens with one attached hydrogen (secondary N) is 1. The lowest BCUT2D eigenvalue weighted by Crippen LogP contribution is -2.51. The number of hydrogen-bond donors (Lipinski definition) is 1. The van der Waals surface area contributed by atoms with Crippen molar-refractivity contribution in [1.29, 1.82) is 0 Å². The third-order valence-electron chi connectivity index (χ3n) is 4.60. The molecule has 2 aliphatic rings. The monoisotopic (exact) mass is 209 g/mol. The minimum absolute atomic E-state index is 0.528. The van der Waals surface area contributed by atoms with Crippen molar-refractivity contribution in [3.8, 4) is 0 Å². The van der Waals surface area contributed by atoms with Crippen molar-refractivity contribution < 1.29 is 0 Å². The van der Waals surface area contributed by atoms with Gasteiger partial charge in [-0.3, -0.25) is 0 Å². The number of hydrogen-bond acceptors (Lipinski definition) is 1. The summed E-state index contributed by atoms with van der Waals surface area (Å²) in [6.45, 7) is 2.38. The predicted octanol–water partition coefficient (Wildman–Crippen LogP) is 4.02. The smallest absolute Gasteiger partial charge is 0.0181 e. The average molecular weight is 209 g/mol. The third kappa shape index (κ3) is 2.96. The van der Waals surface area contributed by atoms with Crippen LogP contribution in [0.2, 0.25) is 0 Å². The van der Waals surface area contributed by atoms with Gasteiger partial charge in [-0.25, -0.2) is 0 Å². The maximum Gasteiger partial charge on any atom is 0.0181 e. The van der Waals surface area contributed by atoms with Crippen LogP contribution in [0.15, 0.2) is 0 Å². The van der Waals surface area contributed by atoms with E-state index in [1.54, 1.807) is 0 Å². The van der Waals surface area contributed by atoms with Gasteiger partial charge >= 0.3 is 0 Å². The van der Waals surface area contributed by atoms with E-state index in [4.69, 9.17) is 0 Å². The van der Waals surface area contributed by atoms with Crippen molar-refractivity contribution in [3.63, 3.8) is 0 Å². The van der Waals surface area contributed by atoms with Crippen LogP contribution in [0.3, 0.4) is 0 Å². The molecule has 0 aromatic heterocycles. The predicted molar refractivity (Wildman–Crippen MR) is 66.1 cm³/mol. The molecule has 2 rings (SSSR count). The van der Waals surface area contributed by atoms with Gasteiger partial charge in [0.15, 0.2) is 0 Å². The lowest BCUT2D eigenvalue weighted by Gasteiger charge is -2.41. The molecule has 0 bridgehead atoms. The van der Waals surface area contributed by atoms with Crippen LogP contribution in [0.1, 0.15) is 77.6 Å². The van der Waals surface area contributed by atoms with Crippen LogP contribution in [0.4, 0.5) is 0 Å². The fraction of sp³-hybridized carbons (Fsp3) is 1.00. The zero-order valence-corrected chi connectivity index (χ0v) is 10.4. The van der Waals surface area contributed by atoms with Crippen LogP contribution in [0.25, 0.3) is 0 Å². The van der Waals surface area contributed by atoms with Crippen molar-refractivity contribution in [2.75, 3.05) is 0 Å². The molecule has 1 heteroatoms. The highest BCUT2D eigenvalue weighted by Crippen LogP contribution is 2.33. The van der Waals surface area contributed by atoms with Gasteiger partial charge in [0.25, 0.3) is 0 Å². The first-order valence-corrected chi connectivity index (χ1v) is 7.12. The van der Waals surface area contributed by atoms with Crippen LogP contribution in [0.5, 0.6) is 0 Å². The first-order chi connectivity index (χ1) is 7.35. The molecule has 0 spiro atoms. The molecule has 0 atom stereocenters. The Bertz CT molecular complexity index is 176. The summed E-state index contributed by atoms with van der Waals surface area (Å²) in [6, 6.07) is 0.844. The Hall–Kier alpha value is -0.0400. The summed E-state index contributed by atoms with van der Waals surface area (Å²) in [5, 5.41) is 4.02. The maximum atomic E-state index is 4.02. The van der Waals surface area contributed by atoms with E-state index in [2.05, 4.69) is 12.2 Å². The first kappa shape index (κ1) is 11.4. The molecule has 2 saturated carbocycles. The van der Waals surface area contributed by atoms with Crippen molar-refractivity contribution in [1.82, 2.24) is 5.32 Å². The Morgan fingerprint density at radius 3 is 2.13 bits per heavy atom. The van der Waals surface area contributed by atoms with Crippen LogP contribution >= 0.6 is 0 Å². The molecule has 0 aliphatic heterocycles. The summed E-state index contributed by atoms with van der Waals surface area (Å²) < 4.78 is 0. The topological polar surface area (TPSA) is 12.0 Å². The van der Waals surface area contributed by atoms with Crippen molar-refractivity contribution in [3.05, 3.63) is 0 Å². The highest BCUT2D eigenvalue weighted by atomic mass is 15.0. The molecule has 1 N–H and O–H groups in total. The Morgan fingerprint density at radius 2 is 1.53 bits per heavy atom. The van der Waals surface area contributed by atoms with Crippen LogP contribution in [-0.2, 0) is 0 Å². The molecule has 0 saturated heterocycles. The molecule has 0 unspecified atom stereocenters. The van der Waals surface area contributed by atoms with E-state index in [1.807, 2.05) is 0 Å². The van der Waals surface area contributed by atoms with Crippen molar-refractivity contribution in [2.45, 2.75) is 89.1 Å². The number of rotatable bonds is 3.